The molecular formula is C19H17F3N4O. The van der Waals surface area contributed by atoms with Gasteiger partial charge < -0.3 is 15.4 Å². The van der Waals surface area contributed by atoms with E-state index >= 15 is 0 Å². The third kappa shape index (κ3) is 4.66. The molecule has 0 unspecified atom stereocenters. The van der Waals surface area contributed by atoms with Crippen LogP contribution in [0.1, 0.15) is 11.3 Å². The molecule has 5 nitrogen and oxygen atoms in total. The van der Waals surface area contributed by atoms with Crippen molar-refractivity contribution in [1.29, 1.82) is 0 Å². The maximum Gasteiger partial charge on any atom is 0.416 e. The zero-order chi connectivity index (χ0) is 19.4. The molecule has 0 radical (unpaired) electrons. The summed E-state index contributed by atoms with van der Waals surface area (Å²) in [6, 6.07) is 13.9. The molecular weight excluding hydrogens is 357 g/mol. The number of halogens is 3. The molecule has 3 aromatic rings. The number of alkyl halides is 3. The molecule has 2 N–H and O–H groups in total. The van der Waals surface area contributed by atoms with Crippen LogP contribution < -0.4 is 15.4 Å². The fraction of sp³-hybridized carbons (Fsp3) is 0.158. The van der Waals surface area contributed by atoms with Gasteiger partial charge >= 0.3 is 6.18 Å². The summed E-state index contributed by atoms with van der Waals surface area (Å²) < 4.78 is 43.9. The number of rotatable bonds is 5. The summed E-state index contributed by atoms with van der Waals surface area (Å²) in [5.41, 5.74) is 0.879. The van der Waals surface area contributed by atoms with E-state index in [4.69, 9.17) is 4.74 Å². The van der Waals surface area contributed by atoms with Gasteiger partial charge in [-0.05, 0) is 37.3 Å². The van der Waals surface area contributed by atoms with E-state index < -0.39 is 11.7 Å². The number of para-hydroxylation sites is 2. The fourth-order valence-corrected chi connectivity index (χ4v) is 2.48. The van der Waals surface area contributed by atoms with Crippen molar-refractivity contribution in [3.05, 3.63) is 65.9 Å². The molecule has 1 aromatic heterocycles. The second-order valence-corrected chi connectivity index (χ2v) is 5.75. The van der Waals surface area contributed by atoms with Crippen molar-refractivity contribution in [1.82, 2.24) is 9.97 Å². The van der Waals surface area contributed by atoms with E-state index in [2.05, 4.69) is 20.6 Å². The van der Waals surface area contributed by atoms with Gasteiger partial charge in [0.1, 0.15) is 11.6 Å². The monoisotopic (exact) mass is 374 g/mol. The molecule has 0 saturated carbocycles. The van der Waals surface area contributed by atoms with Crippen molar-refractivity contribution in [2.75, 3.05) is 17.7 Å². The summed E-state index contributed by atoms with van der Waals surface area (Å²) in [6.07, 6.45) is -4.41. The Labute approximate surface area is 154 Å². The van der Waals surface area contributed by atoms with E-state index in [-0.39, 0.29) is 5.69 Å². The van der Waals surface area contributed by atoms with Crippen LogP contribution >= 0.6 is 0 Å². The van der Waals surface area contributed by atoms with Crippen molar-refractivity contribution in [3.8, 4) is 5.75 Å². The molecule has 0 saturated heterocycles. The predicted molar refractivity (Wildman–Crippen MR) is 97.8 cm³/mol. The summed E-state index contributed by atoms with van der Waals surface area (Å²) in [5.74, 6) is 1.29. The van der Waals surface area contributed by atoms with Gasteiger partial charge in [0.05, 0.1) is 18.4 Å². The number of hydrogen-bond acceptors (Lipinski definition) is 5. The van der Waals surface area contributed by atoms with E-state index in [0.29, 0.717) is 28.9 Å². The topological polar surface area (TPSA) is 59.1 Å². The Balaban J connectivity index is 1.86. The highest BCUT2D eigenvalue weighted by atomic mass is 19.4. The van der Waals surface area contributed by atoms with Gasteiger partial charge in [-0.1, -0.05) is 18.2 Å². The molecule has 140 valence electrons. The number of hydrogen-bond donors (Lipinski definition) is 2. The van der Waals surface area contributed by atoms with Crippen molar-refractivity contribution in [3.63, 3.8) is 0 Å². The minimum absolute atomic E-state index is 0.283. The van der Waals surface area contributed by atoms with Crippen LogP contribution in [0.25, 0.3) is 0 Å². The molecule has 3 rings (SSSR count). The number of aryl methyl sites for hydroxylation is 1. The van der Waals surface area contributed by atoms with Crippen molar-refractivity contribution >= 4 is 23.1 Å². The van der Waals surface area contributed by atoms with Crippen LogP contribution in [0, 0.1) is 6.92 Å². The van der Waals surface area contributed by atoms with Gasteiger partial charge in [0.2, 0.25) is 5.95 Å². The number of methoxy groups -OCH3 is 1. The quantitative estimate of drug-likeness (QED) is 0.635. The normalized spacial score (nSPS) is 11.1. The minimum atomic E-state index is -4.41. The standard InChI is InChI=1S/C19H17F3N4O/c1-12-10-17(24-14-7-5-6-13(11-14)19(20,21)22)26-18(23-12)25-15-8-3-4-9-16(15)27-2/h3-11H,1-2H3,(H2,23,24,25,26). The molecule has 0 spiro atoms. The first-order valence-electron chi connectivity index (χ1n) is 8.05. The Morgan fingerprint density at radius 2 is 1.70 bits per heavy atom. The molecule has 0 atom stereocenters. The molecule has 0 aliphatic rings. The zero-order valence-electron chi connectivity index (χ0n) is 14.6. The predicted octanol–water partition coefficient (Wildman–Crippen LogP) is 5.30. The summed E-state index contributed by atoms with van der Waals surface area (Å²) in [4.78, 5) is 8.63. The van der Waals surface area contributed by atoms with Gasteiger partial charge in [-0.2, -0.15) is 18.2 Å². The summed E-state index contributed by atoms with van der Waals surface area (Å²) in [7, 11) is 1.55. The van der Waals surface area contributed by atoms with Crippen molar-refractivity contribution in [2.45, 2.75) is 13.1 Å². The third-order valence-corrected chi connectivity index (χ3v) is 3.67. The highest BCUT2D eigenvalue weighted by Gasteiger charge is 2.30. The first-order valence-corrected chi connectivity index (χ1v) is 8.05. The lowest BCUT2D eigenvalue weighted by Gasteiger charge is -2.13. The highest BCUT2D eigenvalue weighted by molar-refractivity contribution is 5.64. The maximum absolute atomic E-state index is 12.9. The van der Waals surface area contributed by atoms with E-state index in [0.717, 1.165) is 12.1 Å². The van der Waals surface area contributed by atoms with Gasteiger partial charge in [0.25, 0.3) is 0 Å². The minimum Gasteiger partial charge on any atom is -0.495 e. The molecule has 0 bridgehead atoms. The Morgan fingerprint density at radius 3 is 2.44 bits per heavy atom. The van der Waals surface area contributed by atoms with Gasteiger partial charge in [-0.25, -0.2) is 4.98 Å². The van der Waals surface area contributed by atoms with Crippen LogP contribution in [-0.4, -0.2) is 17.1 Å². The number of nitrogens with one attached hydrogen (secondary N) is 2. The third-order valence-electron chi connectivity index (χ3n) is 3.67. The fourth-order valence-electron chi connectivity index (χ4n) is 2.48. The first-order chi connectivity index (χ1) is 12.8. The number of ether oxygens (including phenoxy) is 1. The zero-order valence-corrected chi connectivity index (χ0v) is 14.6. The van der Waals surface area contributed by atoms with Gasteiger partial charge in [0.15, 0.2) is 0 Å². The van der Waals surface area contributed by atoms with Crippen LogP contribution in [0.5, 0.6) is 5.75 Å². The average molecular weight is 374 g/mol. The average Bonchev–Trinajstić information content (AvgIpc) is 2.61. The van der Waals surface area contributed by atoms with Crippen LogP contribution in [0.4, 0.5) is 36.3 Å². The van der Waals surface area contributed by atoms with Gasteiger partial charge in [0, 0.05) is 17.4 Å². The lowest BCUT2D eigenvalue weighted by atomic mass is 10.2. The SMILES string of the molecule is COc1ccccc1Nc1nc(C)cc(Nc2cccc(C(F)(F)F)c2)n1. The van der Waals surface area contributed by atoms with E-state index in [1.54, 1.807) is 32.2 Å². The molecule has 0 aliphatic carbocycles. The Morgan fingerprint density at radius 1 is 0.926 bits per heavy atom. The van der Waals surface area contributed by atoms with E-state index in [1.807, 2.05) is 18.2 Å². The Hall–Kier alpha value is -3.29. The Bertz CT molecular complexity index is 944. The Kier molecular flexibility index (Phi) is 5.16. The maximum atomic E-state index is 12.9. The van der Waals surface area contributed by atoms with E-state index in [1.165, 1.54) is 6.07 Å². The smallest absolute Gasteiger partial charge is 0.416 e. The molecule has 8 heteroatoms. The number of benzene rings is 2. The summed E-state index contributed by atoms with van der Waals surface area (Å²) in [5, 5.41) is 5.95. The highest BCUT2D eigenvalue weighted by Crippen LogP contribution is 2.31. The van der Waals surface area contributed by atoms with Crippen molar-refractivity contribution < 1.29 is 17.9 Å². The molecule has 0 amide bonds. The summed E-state index contributed by atoms with van der Waals surface area (Å²) in [6.45, 7) is 1.77. The molecule has 0 aliphatic heterocycles. The second kappa shape index (κ2) is 7.53. The summed E-state index contributed by atoms with van der Waals surface area (Å²) >= 11 is 0. The van der Waals surface area contributed by atoms with Crippen LogP contribution in [0.2, 0.25) is 0 Å². The molecule has 2 aromatic carbocycles. The molecule has 0 fully saturated rings. The number of anilines is 4. The number of nitrogens with zero attached hydrogens (tertiary/aromatic N) is 2. The van der Waals surface area contributed by atoms with Crippen LogP contribution in [0.3, 0.4) is 0 Å². The van der Waals surface area contributed by atoms with Crippen molar-refractivity contribution in [2.24, 2.45) is 0 Å². The molecule has 27 heavy (non-hydrogen) atoms. The lowest BCUT2D eigenvalue weighted by Crippen LogP contribution is -2.06. The van der Waals surface area contributed by atoms with Gasteiger partial charge in [-0.15, -0.1) is 0 Å². The van der Waals surface area contributed by atoms with Gasteiger partial charge in [-0.3, -0.25) is 0 Å². The lowest BCUT2D eigenvalue weighted by molar-refractivity contribution is -0.137. The van der Waals surface area contributed by atoms with E-state index in [9.17, 15) is 13.2 Å². The van der Waals surface area contributed by atoms with Crippen LogP contribution in [-0.2, 0) is 6.18 Å². The largest absolute Gasteiger partial charge is 0.495 e. The molecule has 1 heterocycles. The number of aromatic nitrogens is 2. The van der Waals surface area contributed by atoms with Crippen LogP contribution in [0.15, 0.2) is 54.6 Å². The second-order valence-electron chi connectivity index (χ2n) is 5.75. The first kappa shape index (κ1) is 18.5.